The third-order valence-corrected chi connectivity index (χ3v) is 4.70. The standard InChI is InChI=1S/C15H28BNO4/c1-12(2,3)19-11(18)17-15(9-8-10-15)16-20-13(4,5)14(6,7)21-16/h8-10H2,1-7H3,(H,17,18). The number of carbonyl (C=O) groups is 1. The summed E-state index contributed by atoms with van der Waals surface area (Å²) < 4.78 is 17.6. The fraction of sp³-hybridized carbons (Fsp3) is 0.933. The van der Waals surface area contributed by atoms with Gasteiger partial charge in [-0.3, -0.25) is 0 Å². The number of ether oxygens (including phenoxy) is 1. The zero-order valence-electron chi connectivity index (χ0n) is 14.3. The number of amides is 1. The molecule has 0 spiro atoms. The highest BCUT2D eigenvalue weighted by Gasteiger charge is 2.62. The molecular formula is C15H28BNO4. The fourth-order valence-corrected chi connectivity index (χ4v) is 2.55. The van der Waals surface area contributed by atoms with Crippen molar-refractivity contribution < 1.29 is 18.8 Å². The maximum absolute atomic E-state index is 12.1. The van der Waals surface area contributed by atoms with E-state index in [0.717, 1.165) is 19.3 Å². The van der Waals surface area contributed by atoms with E-state index < -0.39 is 35.5 Å². The predicted octanol–water partition coefficient (Wildman–Crippen LogP) is 3.07. The van der Waals surface area contributed by atoms with E-state index in [-0.39, 0.29) is 0 Å². The lowest BCUT2D eigenvalue weighted by Gasteiger charge is -2.43. The largest absolute Gasteiger partial charge is 0.485 e. The SMILES string of the molecule is CC(C)(C)OC(=O)NC1(B2OC(C)(C)C(C)(C)O2)CCC1. The fourth-order valence-electron chi connectivity index (χ4n) is 2.55. The van der Waals surface area contributed by atoms with E-state index in [2.05, 4.69) is 5.32 Å². The van der Waals surface area contributed by atoms with Crippen LogP contribution < -0.4 is 5.32 Å². The molecule has 1 aliphatic carbocycles. The van der Waals surface area contributed by atoms with Gasteiger partial charge in [0.05, 0.1) is 16.6 Å². The first-order valence-corrected chi connectivity index (χ1v) is 7.74. The van der Waals surface area contributed by atoms with E-state index in [1.54, 1.807) is 0 Å². The van der Waals surface area contributed by atoms with Crippen LogP contribution in [0, 0.1) is 0 Å². The molecule has 0 aromatic heterocycles. The number of rotatable bonds is 2. The molecule has 0 radical (unpaired) electrons. The van der Waals surface area contributed by atoms with Gasteiger partial charge in [0.25, 0.3) is 0 Å². The van der Waals surface area contributed by atoms with E-state index in [1.807, 2.05) is 48.5 Å². The minimum absolute atomic E-state index is 0.393. The maximum Gasteiger partial charge on any atom is 0.485 e. The molecule has 1 amide bonds. The minimum atomic E-state index is -0.509. The summed E-state index contributed by atoms with van der Waals surface area (Å²) in [7, 11) is -0.427. The summed E-state index contributed by atoms with van der Waals surface area (Å²) in [6.07, 6.45) is 2.35. The molecule has 1 aliphatic heterocycles. The van der Waals surface area contributed by atoms with Crippen LogP contribution >= 0.6 is 0 Å². The third kappa shape index (κ3) is 3.21. The summed E-state index contributed by atoms with van der Waals surface area (Å²) in [5.74, 6) is 0. The average molecular weight is 297 g/mol. The summed E-state index contributed by atoms with van der Waals surface area (Å²) in [6, 6.07) is 0. The van der Waals surface area contributed by atoms with Crippen molar-refractivity contribution in [2.24, 2.45) is 0 Å². The lowest BCUT2D eigenvalue weighted by molar-refractivity contribution is 0.00578. The number of hydrogen-bond acceptors (Lipinski definition) is 4. The van der Waals surface area contributed by atoms with Gasteiger partial charge in [-0.15, -0.1) is 0 Å². The lowest BCUT2D eigenvalue weighted by Crippen LogP contribution is -2.65. The van der Waals surface area contributed by atoms with E-state index in [1.165, 1.54) is 0 Å². The first kappa shape index (κ1) is 16.6. The van der Waals surface area contributed by atoms with Crippen LogP contribution in [-0.4, -0.2) is 35.5 Å². The smallest absolute Gasteiger partial charge is 0.444 e. The molecule has 0 aromatic carbocycles. The van der Waals surface area contributed by atoms with Gasteiger partial charge < -0.3 is 19.4 Å². The Bertz CT molecular complexity index is 408. The van der Waals surface area contributed by atoms with Crippen molar-refractivity contribution in [1.29, 1.82) is 0 Å². The van der Waals surface area contributed by atoms with Crippen LogP contribution in [0.1, 0.15) is 67.7 Å². The average Bonchev–Trinajstić information content (AvgIpc) is 2.39. The highest BCUT2D eigenvalue weighted by Crippen LogP contribution is 2.45. The van der Waals surface area contributed by atoms with Crippen LogP contribution in [0.3, 0.4) is 0 Å². The Labute approximate surface area is 128 Å². The molecule has 21 heavy (non-hydrogen) atoms. The summed E-state index contributed by atoms with van der Waals surface area (Å²) >= 11 is 0. The highest BCUT2D eigenvalue weighted by molar-refractivity contribution is 6.50. The molecule has 5 nitrogen and oxygen atoms in total. The Morgan fingerprint density at radius 3 is 1.90 bits per heavy atom. The first-order chi connectivity index (χ1) is 9.37. The molecular weight excluding hydrogens is 269 g/mol. The molecule has 6 heteroatoms. The summed E-state index contributed by atoms with van der Waals surface area (Å²) in [6.45, 7) is 13.7. The normalized spacial score (nSPS) is 26.1. The van der Waals surface area contributed by atoms with Crippen molar-refractivity contribution in [2.75, 3.05) is 0 Å². The lowest BCUT2D eigenvalue weighted by atomic mass is 9.53. The summed E-state index contributed by atoms with van der Waals surface area (Å²) in [4.78, 5) is 12.1. The molecule has 0 aromatic rings. The zero-order chi connectivity index (χ0) is 16.1. The van der Waals surface area contributed by atoms with Crippen molar-refractivity contribution in [3.05, 3.63) is 0 Å². The van der Waals surface area contributed by atoms with Crippen LogP contribution in [0.4, 0.5) is 4.79 Å². The van der Waals surface area contributed by atoms with Gasteiger partial charge in [0.15, 0.2) is 0 Å². The molecule has 2 aliphatic rings. The Hall–Kier alpha value is -0.745. The van der Waals surface area contributed by atoms with E-state index in [0.29, 0.717) is 0 Å². The molecule has 0 atom stereocenters. The topological polar surface area (TPSA) is 56.8 Å². The molecule has 2 rings (SSSR count). The van der Waals surface area contributed by atoms with E-state index >= 15 is 0 Å². The quantitative estimate of drug-likeness (QED) is 0.796. The molecule has 0 bridgehead atoms. The van der Waals surface area contributed by atoms with Gasteiger partial charge in [-0.2, -0.15) is 0 Å². The monoisotopic (exact) mass is 297 g/mol. The van der Waals surface area contributed by atoms with Crippen molar-refractivity contribution in [1.82, 2.24) is 5.32 Å². The molecule has 120 valence electrons. The Morgan fingerprint density at radius 2 is 1.57 bits per heavy atom. The van der Waals surface area contributed by atoms with Crippen LogP contribution in [-0.2, 0) is 14.0 Å². The van der Waals surface area contributed by atoms with Crippen molar-refractivity contribution in [2.45, 2.75) is 90.0 Å². The van der Waals surface area contributed by atoms with Crippen molar-refractivity contribution in [3.8, 4) is 0 Å². The summed E-state index contributed by atoms with van der Waals surface area (Å²) in [5.41, 5.74) is -1.76. The Balaban J connectivity index is 2.08. The Kier molecular flexibility index (Phi) is 3.86. The van der Waals surface area contributed by atoms with Crippen LogP contribution in [0.15, 0.2) is 0 Å². The van der Waals surface area contributed by atoms with Gasteiger partial charge in [0, 0.05) is 0 Å². The van der Waals surface area contributed by atoms with Crippen molar-refractivity contribution >= 4 is 13.2 Å². The van der Waals surface area contributed by atoms with Crippen LogP contribution in [0.25, 0.3) is 0 Å². The number of alkyl carbamates (subject to hydrolysis) is 1. The highest BCUT2D eigenvalue weighted by atomic mass is 16.7. The van der Waals surface area contributed by atoms with Gasteiger partial charge in [-0.05, 0) is 67.7 Å². The zero-order valence-corrected chi connectivity index (χ0v) is 14.3. The van der Waals surface area contributed by atoms with Gasteiger partial charge in [-0.25, -0.2) is 4.79 Å². The molecule has 1 saturated heterocycles. The molecule has 2 fully saturated rings. The van der Waals surface area contributed by atoms with E-state index in [4.69, 9.17) is 14.0 Å². The van der Waals surface area contributed by atoms with Gasteiger partial charge in [-0.1, -0.05) is 0 Å². The molecule has 1 N–H and O–H groups in total. The maximum atomic E-state index is 12.1. The third-order valence-electron chi connectivity index (χ3n) is 4.70. The second-order valence-corrected chi connectivity index (χ2v) is 8.22. The summed E-state index contributed by atoms with van der Waals surface area (Å²) in [5, 5.41) is 2.99. The van der Waals surface area contributed by atoms with Crippen LogP contribution in [0.5, 0.6) is 0 Å². The molecule has 1 heterocycles. The van der Waals surface area contributed by atoms with Gasteiger partial charge >= 0.3 is 13.2 Å². The van der Waals surface area contributed by atoms with Gasteiger partial charge in [0.1, 0.15) is 5.60 Å². The molecule has 1 saturated carbocycles. The van der Waals surface area contributed by atoms with Crippen molar-refractivity contribution in [3.63, 3.8) is 0 Å². The number of nitrogens with one attached hydrogen (secondary N) is 1. The van der Waals surface area contributed by atoms with Crippen LogP contribution in [0.2, 0.25) is 0 Å². The number of hydrogen-bond donors (Lipinski definition) is 1. The van der Waals surface area contributed by atoms with Gasteiger partial charge in [0.2, 0.25) is 0 Å². The predicted molar refractivity (Wildman–Crippen MR) is 82.0 cm³/mol. The first-order valence-electron chi connectivity index (χ1n) is 7.74. The Morgan fingerprint density at radius 1 is 1.10 bits per heavy atom. The second kappa shape index (κ2) is 4.88. The second-order valence-electron chi connectivity index (χ2n) is 8.22. The molecule has 0 unspecified atom stereocenters. The minimum Gasteiger partial charge on any atom is -0.444 e. The number of carbonyl (C=O) groups excluding carboxylic acids is 1. The van der Waals surface area contributed by atoms with E-state index in [9.17, 15) is 4.79 Å².